The third kappa shape index (κ3) is 3.81. The lowest BCUT2D eigenvalue weighted by molar-refractivity contribution is -0.136. The van der Waals surface area contributed by atoms with Gasteiger partial charge in [-0.2, -0.15) is 0 Å². The quantitative estimate of drug-likeness (QED) is 0.876. The van der Waals surface area contributed by atoms with Gasteiger partial charge in [0.05, 0.1) is 17.7 Å². The van der Waals surface area contributed by atoms with Crippen LogP contribution in [0.15, 0.2) is 48.5 Å². The summed E-state index contributed by atoms with van der Waals surface area (Å²) in [7, 11) is 1.56. The predicted octanol–water partition coefficient (Wildman–Crippen LogP) is 2.33. The maximum atomic E-state index is 14.0. The predicted molar refractivity (Wildman–Crippen MR) is 97.0 cm³/mol. The van der Waals surface area contributed by atoms with Crippen molar-refractivity contribution in [3.05, 3.63) is 65.5 Å². The number of halogens is 1. The Morgan fingerprint density at radius 1 is 1.19 bits per heavy atom. The normalized spacial score (nSPS) is 16.4. The zero-order valence-corrected chi connectivity index (χ0v) is 14.8. The molecule has 0 radical (unpaired) electrons. The van der Waals surface area contributed by atoms with Gasteiger partial charge in [0.15, 0.2) is 0 Å². The highest BCUT2D eigenvalue weighted by atomic mass is 19.1. The summed E-state index contributed by atoms with van der Waals surface area (Å²) in [5.41, 5.74) is 1.02. The van der Waals surface area contributed by atoms with Crippen LogP contribution in [-0.2, 0) is 16.0 Å². The van der Waals surface area contributed by atoms with Crippen molar-refractivity contribution in [1.29, 1.82) is 0 Å². The zero-order valence-electron chi connectivity index (χ0n) is 14.8. The topological polar surface area (TPSA) is 77.9 Å². The molecule has 140 valence electrons. The van der Waals surface area contributed by atoms with Crippen molar-refractivity contribution in [1.82, 2.24) is 4.90 Å². The van der Waals surface area contributed by atoms with E-state index in [0.717, 1.165) is 0 Å². The molecule has 7 heteroatoms. The van der Waals surface area contributed by atoms with Gasteiger partial charge in [-0.05, 0) is 36.2 Å². The fourth-order valence-corrected chi connectivity index (χ4v) is 3.17. The first-order chi connectivity index (χ1) is 12.9. The molecule has 3 rings (SSSR count). The minimum Gasteiger partial charge on any atom is -0.478 e. The van der Waals surface area contributed by atoms with E-state index in [1.807, 2.05) is 0 Å². The van der Waals surface area contributed by atoms with E-state index in [-0.39, 0.29) is 29.5 Å². The zero-order chi connectivity index (χ0) is 19.6. The number of carbonyl (C=O) groups is 3. The Balaban J connectivity index is 1.67. The van der Waals surface area contributed by atoms with E-state index in [2.05, 4.69) is 0 Å². The summed E-state index contributed by atoms with van der Waals surface area (Å²) in [6, 6.07) is 11.4. The largest absolute Gasteiger partial charge is 0.478 e. The first-order valence-electron chi connectivity index (χ1n) is 8.52. The van der Waals surface area contributed by atoms with Crippen molar-refractivity contribution in [2.45, 2.75) is 18.9 Å². The second kappa shape index (κ2) is 7.57. The highest BCUT2D eigenvalue weighted by Gasteiger charge is 2.37. The molecule has 1 unspecified atom stereocenters. The van der Waals surface area contributed by atoms with E-state index >= 15 is 0 Å². The molecule has 0 spiro atoms. The number of benzene rings is 2. The molecule has 1 atom stereocenters. The molecule has 1 saturated heterocycles. The van der Waals surface area contributed by atoms with Crippen LogP contribution in [0.3, 0.4) is 0 Å². The van der Waals surface area contributed by atoms with Crippen LogP contribution < -0.4 is 4.90 Å². The average Bonchev–Trinajstić information content (AvgIpc) is 3.03. The number of rotatable bonds is 5. The summed E-state index contributed by atoms with van der Waals surface area (Å²) in [5.74, 6) is -2.07. The number of amides is 2. The lowest BCUT2D eigenvalue weighted by atomic mass is 10.1. The van der Waals surface area contributed by atoms with E-state index < -0.39 is 17.8 Å². The number of hydrogen-bond acceptors (Lipinski definition) is 3. The highest BCUT2D eigenvalue weighted by Crippen LogP contribution is 2.26. The number of para-hydroxylation sites is 1. The summed E-state index contributed by atoms with van der Waals surface area (Å²) in [5, 5.41) is 8.91. The fraction of sp³-hybridized carbons (Fsp3) is 0.250. The van der Waals surface area contributed by atoms with Crippen LogP contribution in [0.1, 0.15) is 22.3 Å². The van der Waals surface area contributed by atoms with Crippen LogP contribution in [-0.4, -0.2) is 47.4 Å². The Kier molecular flexibility index (Phi) is 5.21. The molecular weight excluding hydrogens is 351 g/mol. The molecule has 1 aliphatic heterocycles. The summed E-state index contributed by atoms with van der Waals surface area (Å²) in [6.45, 7) is 0.343. The summed E-state index contributed by atoms with van der Waals surface area (Å²) in [4.78, 5) is 38.8. The van der Waals surface area contributed by atoms with Gasteiger partial charge in [0.2, 0.25) is 11.8 Å². The monoisotopic (exact) mass is 370 g/mol. The Bertz CT molecular complexity index is 882. The summed E-state index contributed by atoms with van der Waals surface area (Å²) < 4.78 is 14.0. The molecule has 2 aromatic carbocycles. The van der Waals surface area contributed by atoms with Crippen LogP contribution in [0.2, 0.25) is 0 Å². The van der Waals surface area contributed by atoms with Gasteiger partial charge < -0.3 is 14.9 Å². The minimum absolute atomic E-state index is 0.0554. The van der Waals surface area contributed by atoms with E-state index in [1.165, 1.54) is 28.0 Å². The number of carboxylic acids is 1. The molecule has 27 heavy (non-hydrogen) atoms. The van der Waals surface area contributed by atoms with Gasteiger partial charge in [0, 0.05) is 13.6 Å². The Labute approximate surface area is 155 Å². The van der Waals surface area contributed by atoms with Crippen LogP contribution in [0, 0.1) is 5.82 Å². The maximum Gasteiger partial charge on any atom is 0.335 e. The van der Waals surface area contributed by atoms with Crippen molar-refractivity contribution in [3.8, 4) is 0 Å². The lowest BCUT2D eigenvalue weighted by Crippen LogP contribution is -2.43. The van der Waals surface area contributed by atoms with E-state index in [4.69, 9.17) is 5.11 Å². The molecule has 1 aliphatic rings. The number of nitrogens with zero attached hydrogens (tertiary/aromatic N) is 2. The van der Waals surface area contributed by atoms with E-state index in [9.17, 15) is 18.8 Å². The lowest BCUT2D eigenvalue weighted by Gasteiger charge is -2.24. The molecule has 1 N–H and O–H groups in total. The Morgan fingerprint density at radius 3 is 2.48 bits per heavy atom. The second-order valence-corrected chi connectivity index (χ2v) is 6.43. The molecule has 2 amide bonds. The number of carbonyl (C=O) groups excluding carboxylic acids is 2. The van der Waals surface area contributed by atoms with Crippen molar-refractivity contribution in [3.63, 3.8) is 0 Å². The third-order valence-electron chi connectivity index (χ3n) is 4.74. The van der Waals surface area contributed by atoms with Gasteiger partial charge in [0.25, 0.3) is 0 Å². The number of hydrogen-bond donors (Lipinski definition) is 1. The molecule has 1 heterocycles. The minimum atomic E-state index is -1.03. The fourth-order valence-electron chi connectivity index (χ4n) is 3.17. The Hall–Kier alpha value is -3.22. The molecule has 1 fully saturated rings. The second-order valence-electron chi connectivity index (χ2n) is 6.43. The van der Waals surface area contributed by atoms with Gasteiger partial charge >= 0.3 is 5.97 Å². The van der Waals surface area contributed by atoms with Gasteiger partial charge in [-0.1, -0.05) is 24.3 Å². The van der Waals surface area contributed by atoms with Gasteiger partial charge in [-0.3, -0.25) is 9.59 Å². The highest BCUT2D eigenvalue weighted by molar-refractivity contribution is 6.01. The van der Waals surface area contributed by atoms with Gasteiger partial charge in [-0.15, -0.1) is 0 Å². The molecule has 0 aromatic heterocycles. The maximum absolute atomic E-state index is 14.0. The number of aromatic carboxylic acids is 1. The van der Waals surface area contributed by atoms with Crippen LogP contribution >= 0.6 is 0 Å². The number of carboxylic acid groups (broad SMARTS) is 1. The van der Waals surface area contributed by atoms with Crippen molar-refractivity contribution in [2.24, 2.45) is 0 Å². The van der Waals surface area contributed by atoms with E-state index in [1.54, 1.807) is 37.4 Å². The molecular formula is C20H19FN2O4. The molecule has 0 saturated carbocycles. The molecule has 0 bridgehead atoms. The standard InChI is InChI=1S/C20H19FN2O4/c1-22(18(24)12-13-6-8-14(9-7-13)20(26)27)17-10-11-23(19(17)25)16-5-3-2-4-15(16)21/h2-9,17H,10-12H2,1H3,(H,26,27). The average molecular weight is 370 g/mol. The van der Waals surface area contributed by atoms with Crippen LogP contribution in [0.25, 0.3) is 0 Å². The van der Waals surface area contributed by atoms with Crippen molar-refractivity contribution < 1.29 is 23.9 Å². The first kappa shape index (κ1) is 18.6. The number of likely N-dealkylation sites (N-methyl/N-ethyl adjacent to an activating group) is 1. The van der Waals surface area contributed by atoms with Crippen LogP contribution in [0.4, 0.5) is 10.1 Å². The van der Waals surface area contributed by atoms with Crippen LogP contribution in [0.5, 0.6) is 0 Å². The third-order valence-corrected chi connectivity index (χ3v) is 4.74. The SMILES string of the molecule is CN(C(=O)Cc1ccc(C(=O)O)cc1)C1CCN(c2ccccc2F)C1=O. The Morgan fingerprint density at radius 2 is 1.85 bits per heavy atom. The molecule has 0 aliphatic carbocycles. The van der Waals surface area contributed by atoms with Gasteiger partial charge in [-0.25, -0.2) is 9.18 Å². The van der Waals surface area contributed by atoms with Gasteiger partial charge in [0.1, 0.15) is 11.9 Å². The number of anilines is 1. The smallest absolute Gasteiger partial charge is 0.335 e. The molecule has 6 nitrogen and oxygen atoms in total. The van der Waals surface area contributed by atoms with Crippen molar-refractivity contribution in [2.75, 3.05) is 18.5 Å². The van der Waals surface area contributed by atoms with E-state index in [0.29, 0.717) is 18.5 Å². The summed E-state index contributed by atoms with van der Waals surface area (Å²) in [6.07, 6.45) is 0.479. The summed E-state index contributed by atoms with van der Waals surface area (Å²) >= 11 is 0. The first-order valence-corrected chi connectivity index (χ1v) is 8.52. The molecule has 2 aromatic rings. The van der Waals surface area contributed by atoms with Crippen molar-refractivity contribution >= 4 is 23.5 Å².